The normalized spacial score (nSPS) is 21.2. The van der Waals surface area contributed by atoms with Crippen LogP contribution >= 0.6 is 0 Å². The van der Waals surface area contributed by atoms with E-state index >= 15 is 0 Å². The van der Waals surface area contributed by atoms with E-state index in [0.29, 0.717) is 16.9 Å². The van der Waals surface area contributed by atoms with Crippen LogP contribution in [-0.2, 0) is 11.3 Å². The van der Waals surface area contributed by atoms with Gasteiger partial charge in [-0.05, 0) is 31.4 Å². The SMILES string of the molecule is O=C(Cn1c(=O)[nH]c2ccccc2c1=O)NC1CCN(C2CC2)C1. The van der Waals surface area contributed by atoms with Gasteiger partial charge < -0.3 is 10.3 Å². The van der Waals surface area contributed by atoms with Crippen LogP contribution in [0.5, 0.6) is 0 Å². The number of rotatable bonds is 4. The molecule has 1 aromatic carbocycles. The van der Waals surface area contributed by atoms with E-state index in [1.807, 2.05) is 0 Å². The Kier molecular flexibility index (Phi) is 3.72. The van der Waals surface area contributed by atoms with Crippen molar-refractivity contribution in [3.63, 3.8) is 0 Å². The Morgan fingerprint density at radius 3 is 2.79 bits per heavy atom. The first kappa shape index (κ1) is 15.1. The molecule has 1 saturated heterocycles. The summed E-state index contributed by atoms with van der Waals surface area (Å²) in [5.41, 5.74) is -0.504. The fourth-order valence-corrected chi connectivity index (χ4v) is 3.44. The van der Waals surface area contributed by atoms with E-state index in [9.17, 15) is 14.4 Å². The number of para-hydroxylation sites is 1. The lowest BCUT2D eigenvalue weighted by Gasteiger charge is -2.16. The molecule has 24 heavy (non-hydrogen) atoms. The minimum Gasteiger partial charge on any atom is -0.350 e. The van der Waals surface area contributed by atoms with Crippen LogP contribution in [0, 0.1) is 0 Å². The maximum atomic E-state index is 12.4. The summed E-state index contributed by atoms with van der Waals surface area (Å²) in [7, 11) is 0. The summed E-state index contributed by atoms with van der Waals surface area (Å²) in [5.74, 6) is -0.291. The average molecular weight is 328 g/mol. The summed E-state index contributed by atoms with van der Waals surface area (Å²) in [6.07, 6.45) is 3.43. The van der Waals surface area contributed by atoms with Crippen LogP contribution in [0.25, 0.3) is 10.9 Å². The summed E-state index contributed by atoms with van der Waals surface area (Å²) in [6, 6.07) is 7.60. The van der Waals surface area contributed by atoms with Gasteiger partial charge >= 0.3 is 5.69 Å². The number of nitrogens with zero attached hydrogens (tertiary/aromatic N) is 2. The fraction of sp³-hybridized carbons (Fsp3) is 0.471. The molecule has 1 saturated carbocycles. The summed E-state index contributed by atoms with van der Waals surface area (Å²) in [6.45, 7) is 1.62. The van der Waals surface area contributed by atoms with E-state index in [-0.39, 0.29) is 18.5 Å². The van der Waals surface area contributed by atoms with Gasteiger partial charge in [0.2, 0.25) is 5.91 Å². The van der Waals surface area contributed by atoms with Gasteiger partial charge in [-0.2, -0.15) is 0 Å². The molecule has 0 bridgehead atoms. The average Bonchev–Trinajstić information content (AvgIpc) is 3.32. The lowest BCUT2D eigenvalue weighted by Crippen LogP contribution is -2.44. The molecule has 7 nitrogen and oxygen atoms in total. The highest BCUT2D eigenvalue weighted by Gasteiger charge is 2.34. The zero-order valence-electron chi connectivity index (χ0n) is 13.3. The second-order valence-electron chi connectivity index (χ2n) is 6.65. The molecule has 0 radical (unpaired) electrons. The van der Waals surface area contributed by atoms with E-state index in [2.05, 4.69) is 15.2 Å². The number of amides is 1. The van der Waals surface area contributed by atoms with Crippen molar-refractivity contribution in [3.8, 4) is 0 Å². The smallest absolute Gasteiger partial charge is 0.329 e. The van der Waals surface area contributed by atoms with Crippen molar-refractivity contribution in [1.82, 2.24) is 19.8 Å². The zero-order valence-corrected chi connectivity index (χ0v) is 13.3. The largest absolute Gasteiger partial charge is 0.350 e. The summed E-state index contributed by atoms with van der Waals surface area (Å²) in [5, 5.41) is 3.36. The van der Waals surface area contributed by atoms with Crippen molar-refractivity contribution in [2.45, 2.75) is 37.9 Å². The summed E-state index contributed by atoms with van der Waals surface area (Å²) < 4.78 is 0.964. The second kappa shape index (κ2) is 5.90. The molecule has 1 aromatic heterocycles. The van der Waals surface area contributed by atoms with Crippen molar-refractivity contribution >= 4 is 16.8 Å². The first-order chi connectivity index (χ1) is 11.6. The number of hydrogen-bond acceptors (Lipinski definition) is 4. The number of aromatic amines is 1. The maximum absolute atomic E-state index is 12.4. The highest BCUT2D eigenvalue weighted by molar-refractivity contribution is 5.79. The third-order valence-electron chi connectivity index (χ3n) is 4.84. The third kappa shape index (κ3) is 2.87. The minimum absolute atomic E-state index is 0.105. The summed E-state index contributed by atoms with van der Waals surface area (Å²) >= 11 is 0. The van der Waals surface area contributed by atoms with Crippen LogP contribution in [0.3, 0.4) is 0 Å². The van der Waals surface area contributed by atoms with E-state index in [0.717, 1.165) is 24.1 Å². The van der Waals surface area contributed by atoms with Gasteiger partial charge in [0.1, 0.15) is 6.54 Å². The topological polar surface area (TPSA) is 87.2 Å². The van der Waals surface area contributed by atoms with Gasteiger partial charge in [0.15, 0.2) is 0 Å². The quantitative estimate of drug-likeness (QED) is 0.830. The number of likely N-dealkylation sites (tertiary alicyclic amines) is 1. The lowest BCUT2D eigenvalue weighted by molar-refractivity contribution is -0.122. The van der Waals surface area contributed by atoms with Crippen molar-refractivity contribution in [3.05, 3.63) is 45.1 Å². The van der Waals surface area contributed by atoms with Crippen molar-refractivity contribution in [2.75, 3.05) is 13.1 Å². The fourth-order valence-electron chi connectivity index (χ4n) is 3.44. The van der Waals surface area contributed by atoms with Gasteiger partial charge in [-0.15, -0.1) is 0 Å². The molecule has 1 aliphatic heterocycles. The summed E-state index contributed by atoms with van der Waals surface area (Å²) in [4.78, 5) is 41.8. The first-order valence-electron chi connectivity index (χ1n) is 8.37. The van der Waals surface area contributed by atoms with E-state index in [1.54, 1.807) is 24.3 Å². The number of nitrogens with one attached hydrogen (secondary N) is 2. The molecule has 2 aromatic rings. The second-order valence-corrected chi connectivity index (χ2v) is 6.65. The zero-order chi connectivity index (χ0) is 16.7. The first-order valence-corrected chi connectivity index (χ1v) is 8.37. The molecule has 1 aliphatic carbocycles. The van der Waals surface area contributed by atoms with Crippen LogP contribution in [0.1, 0.15) is 19.3 Å². The molecule has 1 atom stereocenters. The number of fused-ring (bicyclic) bond motifs is 1. The van der Waals surface area contributed by atoms with Gasteiger partial charge in [-0.1, -0.05) is 12.1 Å². The number of benzene rings is 1. The molecule has 1 amide bonds. The highest BCUT2D eigenvalue weighted by atomic mass is 16.2. The molecule has 4 rings (SSSR count). The third-order valence-corrected chi connectivity index (χ3v) is 4.84. The van der Waals surface area contributed by atoms with Gasteiger partial charge in [-0.25, -0.2) is 4.79 Å². The molecule has 1 unspecified atom stereocenters. The predicted octanol–water partition coefficient (Wildman–Crippen LogP) is 0.0427. The monoisotopic (exact) mass is 328 g/mol. The van der Waals surface area contributed by atoms with Gasteiger partial charge in [0.05, 0.1) is 10.9 Å². The molecule has 2 fully saturated rings. The molecular weight excluding hydrogens is 308 g/mol. The highest BCUT2D eigenvalue weighted by Crippen LogP contribution is 2.29. The van der Waals surface area contributed by atoms with Gasteiger partial charge in [0.25, 0.3) is 5.56 Å². The van der Waals surface area contributed by atoms with Gasteiger partial charge in [0, 0.05) is 25.2 Å². The number of hydrogen-bond donors (Lipinski definition) is 2. The maximum Gasteiger partial charge on any atom is 0.329 e. The molecule has 2 aliphatic rings. The number of aromatic nitrogens is 2. The van der Waals surface area contributed by atoms with E-state index < -0.39 is 11.2 Å². The molecule has 126 valence electrons. The minimum atomic E-state index is -0.556. The predicted molar refractivity (Wildman–Crippen MR) is 90.0 cm³/mol. The van der Waals surface area contributed by atoms with E-state index in [1.165, 1.54) is 12.8 Å². The molecular formula is C17H20N4O3. The Labute approximate surface area is 138 Å². The van der Waals surface area contributed by atoms with Crippen LogP contribution < -0.4 is 16.6 Å². The standard InChI is InChI=1S/C17H20N4O3/c22-15(18-11-7-8-20(9-11)12-5-6-12)10-21-16(23)13-3-1-2-4-14(13)19-17(21)24/h1-4,11-12H,5-10H2,(H,18,22)(H,19,24). The Bertz CT molecular complexity index is 897. The van der Waals surface area contributed by atoms with Crippen molar-refractivity contribution < 1.29 is 4.79 Å². The Balaban J connectivity index is 1.48. The molecule has 0 spiro atoms. The number of carbonyl (C=O) groups is 1. The lowest BCUT2D eigenvalue weighted by atomic mass is 10.2. The Morgan fingerprint density at radius 2 is 2.00 bits per heavy atom. The molecule has 2 N–H and O–H groups in total. The Morgan fingerprint density at radius 1 is 1.21 bits per heavy atom. The van der Waals surface area contributed by atoms with Crippen LogP contribution in [0.15, 0.2) is 33.9 Å². The van der Waals surface area contributed by atoms with E-state index in [4.69, 9.17) is 0 Å². The molecule has 7 heteroatoms. The number of carbonyl (C=O) groups excluding carboxylic acids is 1. The van der Waals surface area contributed by atoms with Crippen molar-refractivity contribution in [2.24, 2.45) is 0 Å². The van der Waals surface area contributed by atoms with Crippen molar-refractivity contribution in [1.29, 1.82) is 0 Å². The molecule has 2 heterocycles. The van der Waals surface area contributed by atoms with Crippen LogP contribution in [0.2, 0.25) is 0 Å². The van der Waals surface area contributed by atoms with Crippen LogP contribution in [0.4, 0.5) is 0 Å². The Hall–Kier alpha value is -2.41. The number of H-pyrrole nitrogens is 1. The van der Waals surface area contributed by atoms with Gasteiger partial charge in [-0.3, -0.25) is 19.1 Å². The van der Waals surface area contributed by atoms with Crippen LogP contribution in [-0.4, -0.2) is 45.5 Å².